The van der Waals surface area contributed by atoms with Gasteiger partial charge in [-0.25, -0.2) is 0 Å². The number of benzene rings is 1. The highest BCUT2D eigenvalue weighted by Gasteiger charge is 2.19. The molecule has 0 radical (unpaired) electrons. The van der Waals surface area contributed by atoms with E-state index in [-0.39, 0.29) is 13.0 Å². The second-order valence-electron chi connectivity index (χ2n) is 3.16. The van der Waals surface area contributed by atoms with Crippen molar-refractivity contribution >= 4 is 27.9 Å². The first-order valence-electron chi connectivity index (χ1n) is 4.66. The van der Waals surface area contributed by atoms with E-state index < -0.39 is 16.8 Å². The largest absolute Gasteiger partial charge is 0.481 e. The lowest BCUT2D eigenvalue weighted by Gasteiger charge is -2.07. The zero-order valence-corrected chi connectivity index (χ0v) is 10.0. The lowest BCUT2D eigenvalue weighted by Crippen LogP contribution is -2.20. The molecule has 0 bridgehead atoms. The summed E-state index contributed by atoms with van der Waals surface area (Å²) in [7, 11) is 0. The molecule has 0 aliphatic rings. The van der Waals surface area contributed by atoms with E-state index in [1.807, 2.05) is 30.3 Å². The monoisotopic (exact) mass is 286 g/mol. The first-order chi connectivity index (χ1) is 7.59. The van der Waals surface area contributed by atoms with Gasteiger partial charge in [-0.1, -0.05) is 46.3 Å². The molecule has 86 valence electrons. The van der Waals surface area contributed by atoms with E-state index >= 15 is 0 Å². The summed E-state index contributed by atoms with van der Waals surface area (Å²) in [5.74, 6) is -1.61. The fourth-order valence-corrected chi connectivity index (χ4v) is 1.46. The number of carboxylic acid groups (broad SMARTS) is 1. The summed E-state index contributed by atoms with van der Waals surface area (Å²) in [6.45, 7) is 0.154. The normalized spacial score (nSPS) is 11.8. The van der Waals surface area contributed by atoms with E-state index in [1.165, 1.54) is 0 Å². The molecule has 0 amide bonds. The van der Waals surface area contributed by atoms with Gasteiger partial charge in [-0.05, 0) is 5.56 Å². The number of halogens is 1. The first kappa shape index (κ1) is 12.7. The standard InChI is InChI=1S/C11H11BrO4/c12-9(6-10(13)14)11(15)16-7-8-4-2-1-3-5-8/h1-5,9H,6-7H2,(H,13,14). The lowest BCUT2D eigenvalue weighted by atomic mass is 10.2. The molecule has 4 nitrogen and oxygen atoms in total. The maximum atomic E-state index is 11.3. The molecule has 16 heavy (non-hydrogen) atoms. The van der Waals surface area contributed by atoms with Crippen LogP contribution in [-0.4, -0.2) is 21.9 Å². The Morgan fingerprint density at radius 3 is 2.50 bits per heavy atom. The fraction of sp³-hybridized carbons (Fsp3) is 0.273. The second kappa shape index (κ2) is 6.27. The Morgan fingerprint density at radius 1 is 1.31 bits per heavy atom. The van der Waals surface area contributed by atoms with Crippen LogP contribution in [0.15, 0.2) is 30.3 Å². The first-order valence-corrected chi connectivity index (χ1v) is 5.57. The van der Waals surface area contributed by atoms with Crippen LogP contribution < -0.4 is 0 Å². The molecule has 0 aliphatic heterocycles. The molecule has 0 aromatic heterocycles. The molecular weight excluding hydrogens is 276 g/mol. The molecule has 5 heteroatoms. The zero-order chi connectivity index (χ0) is 12.0. The topological polar surface area (TPSA) is 63.6 Å². The molecular formula is C11H11BrO4. The number of aliphatic carboxylic acids is 1. The van der Waals surface area contributed by atoms with Crippen molar-refractivity contribution in [3.63, 3.8) is 0 Å². The van der Waals surface area contributed by atoms with E-state index in [1.54, 1.807) is 0 Å². The molecule has 1 atom stereocenters. The van der Waals surface area contributed by atoms with E-state index in [4.69, 9.17) is 9.84 Å². The minimum absolute atomic E-state index is 0.154. The van der Waals surface area contributed by atoms with Crippen LogP contribution in [0.1, 0.15) is 12.0 Å². The maximum absolute atomic E-state index is 11.3. The Balaban J connectivity index is 2.38. The smallest absolute Gasteiger partial charge is 0.320 e. The van der Waals surface area contributed by atoms with E-state index in [9.17, 15) is 9.59 Å². The average molecular weight is 287 g/mol. The van der Waals surface area contributed by atoms with Crippen molar-refractivity contribution in [1.29, 1.82) is 0 Å². The number of carbonyl (C=O) groups excluding carboxylic acids is 1. The summed E-state index contributed by atoms with van der Waals surface area (Å²) >= 11 is 2.96. The Hall–Kier alpha value is -1.36. The van der Waals surface area contributed by atoms with Gasteiger partial charge in [-0.3, -0.25) is 9.59 Å². The van der Waals surface area contributed by atoms with Gasteiger partial charge in [0.05, 0.1) is 6.42 Å². The van der Waals surface area contributed by atoms with Gasteiger partial charge in [-0.15, -0.1) is 0 Å². The van der Waals surface area contributed by atoms with Crippen LogP contribution in [0, 0.1) is 0 Å². The minimum Gasteiger partial charge on any atom is -0.481 e. The van der Waals surface area contributed by atoms with Crippen molar-refractivity contribution in [3.05, 3.63) is 35.9 Å². The fourth-order valence-electron chi connectivity index (χ4n) is 1.06. The molecule has 1 aromatic rings. The molecule has 0 aliphatic carbocycles. The average Bonchev–Trinajstić information content (AvgIpc) is 2.26. The van der Waals surface area contributed by atoms with Gasteiger partial charge in [0.15, 0.2) is 0 Å². The molecule has 1 aromatic carbocycles. The van der Waals surface area contributed by atoms with Crippen LogP contribution in [0.5, 0.6) is 0 Å². The van der Waals surface area contributed by atoms with Crippen molar-refractivity contribution in [1.82, 2.24) is 0 Å². The van der Waals surface area contributed by atoms with Crippen molar-refractivity contribution in [2.24, 2.45) is 0 Å². The summed E-state index contributed by atoms with van der Waals surface area (Å²) in [6.07, 6.45) is -0.284. The number of rotatable bonds is 5. The summed E-state index contributed by atoms with van der Waals surface area (Å²) in [5.41, 5.74) is 0.867. The van der Waals surface area contributed by atoms with E-state index in [2.05, 4.69) is 15.9 Å². The van der Waals surface area contributed by atoms with Gasteiger partial charge in [0, 0.05) is 0 Å². The lowest BCUT2D eigenvalue weighted by molar-refractivity contribution is -0.147. The van der Waals surface area contributed by atoms with Crippen LogP contribution in [0.25, 0.3) is 0 Å². The van der Waals surface area contributed by atoms with Crippen LogP contribution in [0.2, 0.25) is 0 Å². The van der Waals surface area contributed by atoms with Gasteiger partial charge in [0.2, 0.25) is 0 Å². The number of ether oxygens (including phenoxy) is 1. The summed E-state index contributed by atoms with van der Waals surface area (Å²) < 4.78 is 4.94. The summed E-state index contributed by atoms with van der Waals surface area (Å²) in [4.78, 5) is 20.9. The number of carboxylic acids is 1. The third kappa shape index (κ3) is 4.44. The third-order valence-electron chi connectivity index (χ3n) is 1.83. The van der Waals surface area contributed by atoms with Gasteiger partial charge in [0.25, 0.3) is 0 Å². The quantitative estimate of drug-likeness (QED) is 0.664. The molecule has 1 rings (SSSR count). The summed E-state index contributed by atoms with van der Waals surface area (Å²) in [5, 5.41) is 8.48. The van der Waals surface area contributed by atoms with Crippen LogP contribution in [0.3, 0.4) is 0 Å². The molecule has 1 unspecified atom stereocenters. The number of carbonyl (C=O) groups is 2. The van der Waals surface area contributed by atoms with Crippen molar-refractivity contribution in [2.75, 3.05) is 0 Å². The van der Waals surface area contributed by atoms with Gasteiger partial charge in [0.1, 0.15) is 11.4 Å². The SMILES string of the molecule is O=C(O)CC(Br)C(=O)OCc1ccccc1. The Kier molecular flexibility index (Phi) is 4.98. The molecule has 0 fully saturated rings. The predicted octanol–water partition coefficient (Wildman–Crippen LogP) is 1.97. The number of alkyl halides is 1. The van der Waals surface area contributed by atoms with E-state index in [0.29, 0.717) is 0 Å². The Morgan fingerprint density at radius 2 is 1.94 bits per heavy atom. The van der Waals surface area contributed by atoms with Crippen molar-refractivity contribution in [2.45, 2.75) is 17.9 Å². The maximum Gasteiger partial charge on any atom is 0.320 e. The van der Waals surface area contributed by atoms with Gasteiger partial charge < -0.3 is 9.84 Å². The van der Waals surface area contributed by atoms with Crippen molar-refractivity contribution < 1.29 is 19.4 Å². The highest BCUT2D eigenvalue weighted by Crippen LogP contribution is 2.09. The third-order valence-corrected chi connectivity index (χ3v) is 2.53. The van der Waals surface area contributed by atoms with Gasteiger partial charge >= 0.3 is 11.9 Å². The number of hydrogen-bond donors (Lipinski definition) is 1. The Labute approximate surface area is 101 Å². The highest BCUT2D eigenvalue weighted by molar-refractivity contribution is 9.10. The molecule has 1 N–H and O–H groups in total. The van der Waals surface area contributed by atoms with Crippen molar-refractivity contribution in [3.8, 4) is 0 Å². The van der Waals surface area contributed by atoms with Crippen LogP contribution >= 0.6 is 15.9 Å². The van der Waals surface area contributed by atoms with Gasteiger partial charge in [-0.2, -0.15) is 0 Å². The number of esters is 1. The predicted molar refractivity (Wildman–Crippen MR) is 61.2 cm³/mol. The summed E-state index contributed by atoms with van der Waals surface area (Å²) in [6, 6.07) is 9.20. The number of hydrogen-bond acceptors (Lipinski definition) is 3. The second-order valence-corrected chi connectivity index (χ2v) is 4.26. The van der Waals surface area contributed by atoms with Crippen LogP contribution in [0.4, 0.5) is 0 Å². The molecule has 0 heterocycles. The van der Waals surface area contributed by atoms with Crippen LogP contribution in [-0.2, 0) is 20.9 Å². The van der Waals surface area contributed by atoms with E-state index in [0.717, 1.165) is 5.56 Å². The molecule has 0 saturated heterocycles. The molecule has 0 spiro atoms. The highest BCUT2D eigenvalue weighted by atomic mass is 79.9. The molecule has 0 saturated carbocycles. The minimum atomic E-state index is -1.04. The zero-order valence-electron chi connectivity index (χ0n) is 8.43. The Bertz CT molecular complexity index is 364.